The number of benzene rings is 2. The van der Waals surface area contributed by atoms with Crippen LogP contribution in [0.25, 0.3) is 16.2 Å². The molecule has 5 rings (SSSR count). The van der Waals surface area contributed by atoms with Crippen molar-refractivity contribution < 1.29 is 9.53 Å². The van der Waals surface area contributed by atoms with Crippen LogP contribution in [0, 0.1) is 12.8 Å². The van der Waals surface area contributed by atoms with E-state index in [-0.39, 0.29) is 17.9 Å². The molecular formula is C27H31N5O2S. The summed E-state index contributed by atoms with van der Waals surface area (Å²) in [5, 5.41) is 8.82. The van der Waals surface area contributed by atoms with Gasteiger partial charge in [0.15, 0.2) is 0 Å². The van der Waals surface area contributed by atoms with Crippen molar-refractivity contribution in [1.29, 1.82) is 0 Å². The van der Waals surface area contributed by atoms with Crippen LogP contribution >= 0.6 is 11.3 Å². The molecule has 0 spiro atoms. The van der Waals surface area contributed by atoms with Crippen LogP contribution in [0.3, 0.4) is 0 Å². The van der Waals surface area contributed by atoms with Gasteiger partial charge in [-0.05, 0) is 51.3 Å². The van der Waals surface area contributed by atoms with Gasteiger partial charge in [-0.25, -0.2) is 9.50 Å². The Labute approximate surface area is 209 Å². The van der Waals surface area contributed by atoms with Crippen molar-refractivity contribution in [2.45, 2.75) is 46.3 Å². The molecule has 0 unspecified atom stereocenters. The summed E-state index contributed by atoms with van der Waals surface area (Å²) in [4.78, 5) is 20.7. The zero-order chi connectivity index (χ0) is 24.4. The number of hydrogen-bond acceptors (Lipinski definition) is 6. The minimum Gasteiger partial charge on any atom is -0.491 e. The molecule has 0 atom stereocenters. The van der Waals surface area contributed by atoms with Gasteiger partial charge in [0.1, 0.15) is 5.75 Å². The van der Waals surface area contributed by atoms with E-state index in [1.165, 1.54) is 5.56 Å². The van der Waals surface area contributed by atoms with Gasteiger partial charge in [-0.2, -0.15) is 0 Å². The average molecular weight is 490 g/mol. The highest BCUT2D eigenvalue weighted by Gasteiger charge is 2.26. The fourth-order valence-corrected chi connectivity index (χ4v) is 5.24. The molecule has 3 heterocycles. The minimum absolute atomic E-state index is 0.0342. The Balaban J connectivity index is 1.13. The Bertz CT molecular complexity index is 1250. The molecule has 0 bridgehead atoms. The third-order valence-electron chi connectivity index (χ3n) is 6.28. The van der Waals surface area contributed by atoms with Gasteiger partial charge in [-0.15, -0.1) is 5.10 Å². The summed E-state index contributed by atoms with van der Waals surface area (Å²) in [7, 11) is 0. The van der Waals surface area contributed by atoms with E-state index < -0.39 is 0 Å². The molecule has 1 fully saturated rings. The normalized spacial score (nSPS) is 14.6. The van der Waals surface area contributed by atoms with Gasteiger partial charge in [-0.1, -0.05) is 53.3 Å². The summed E-state index contributed by atoms with van der Waals surface area (Å²) >= 11 is 1.60. The summed E-state index contributed by atoms with van der Waals surface area (Å²) in [6.07, 6.45) is 3.78. The van der Waals surface area contributed by atoms with E-state index in [9.17, 15) is 4.79 Å². The topological polar surface area (TPSA) is 71.8 Å². The molecule has 1 aliphatic rings. The molecule has 4 aromatic rings. The number of amides is 1. The van der Waals surface area contributed by atoms with Crippen molar-refractivity contribution in [2.24, 2.45) is 5.92 Å². The number of carbonyl (C=O) groups excluding carboxylic acids is 1. The van der Waals surface area contributed by atoms with E-state index in [1.54, 1.807) is 11.3 Å². The van der Waals surface area contributed by atoms with Crippen LogP contribution in [-0.2, 0) is 11.3 Å². The largest absolute Gasteiger partial charge is 0.491 e. The maximum absolute atomic E-state index is 12.7. The number of aromatic nitrogens is 3. The first-order valence-corrected chi connectivity index (χ1v) is 13.0. The zero-order valence-electron chi connectivity index (χ0n) is 20.4. The molecule has 182 valence electrons. The predicted octanol–water partition coefficient (Wildman–Crippen LogP) is 5.09. The van der Waals surface area contributed by atoms with E-state index >= 15 is 0 Å². The SMILES string of the molecule is Cc1ccc(-c2cn3nc(N4CCC(C(=O)NCc5ccc(OC(C)C)cc5)CC4)sc3n2)cc1. The van der Waals surface area contributed by atoms with Gasteiger partial charge >= 0.3 is 0 Å². The molecule has 0 aliphatic carbocycles. The second-order valence-electron chi connectivity index (χ2n) is 9.39. The first-order valence-electron chi connectivity index (χ1n) is 12.2. The molecule has 35 heavy (non-hydrogen) atoms. The summed E-state index contributed by atoms with van der Waals surface area (Å²) in [6.45, 7) is 8.27. The fourth-order valence-electron chi connectivity index (χ4n) is 4.31. The lowest BCUT2D eigenvalue weighted by atomic mass is 9.96. The Morgan fingerprint density at radius 3 is 2.49 bits per heavy atom. The van der Waals surface area contributed by atoms with Gasteiger partial charge in [0, 0.05) is 31.1 Å². The Morgan fingerprint density at radius 2 is 1.83 bits per heavy atom. The summed E-state index contributed by atoms with van der Waals surface area (Å²) in [6, 6.07) is 16.3. The van der Waals surface area contributed by atoms with Crippen LogP contribution in [0.1, 0.15) is 37.8 Å². The van der Waals surface area contributed by atoms with Crippen molar-refractivity contribution in [3.8, 4) is 17.0 Å². The molecule has 0 saturated carbocycles. The first kappa shape index (κ1) is 23.4. The lowest BCUT2D eigenvalue weighted by Crippen LogP contribution is -2.40. The monoisotopic (exact) mass is 489 g/mol. The van der Waals surface area contributed by atoms with Crippen LogP contribution in [0.5, 0.6) is 5.75 Å². The molecule has 0 radical (unpaired) electrons. The summed E-state index contributed by atoms with van der Waals surface area (Å²) in [5.41, 5.74) is 4.34. The summed E-state index contributed by atoms with van der Waals surface area (Å²) in [5.74, 6) is 1.01. The number of fused-ring (bicyclic) bond motifs is 1. The summed E-state index contributed by atoms with van der Waals surface area (Å²) < 4.78 is 7.55. The fraction of sp³-hybridized carbons (Fsp3) is 0.370. The molecule has 2 aromatic heterocycles. The van der Waals surface area contributed by atoms with E-state index in [2.05, 4.69) is 41.4 Å². The van der Waals surface area contributed by atoms with Crippen molar-refractivity contribution in [3.63, 3.8) is 0 Å². The Kier molecular flexibility index (Phi) is 6.72. The van der Waals surface area contributed by atoms with Crippen molar-refractivity contribution in [2.75, 3.05) is 18.0 Å². The number of piperidine rings is 1. The number of rotatable bonds is 7. The van der Waals surface area contributed by atoms with E-state index in [4.69, 9.17) is 14.8 Å². The second kappa shape index (κ2) is 10.1. The predicted molar refractivity (Wildman–Crippen MR) is 140 cm³/mol. The van der Waals surface area contributed by atoms with Crippen LogP contribution < -0.4 is 15.0 Å². The molecule has 1 aliphatic heterocycles. The molecular weight excluding hydrogens is 458 g/mol. The second-order valence-corrected chi connectivity index (χ2v) is 10.3. The molecule has 8 heteroatoms. The van der Waals surface area contributed by atoms with E-state index in [0.29, 0.717) is 6.54 Å². The van der Waals surface area contributed by atoms with Crippen molar-refractivity contribution in [3.05, 3.63) is 65.9 Å². The number of imidazole rings is 1. The van der Waals surface area contributed by atoms with Gasteiger partial charge in [0.05, 0.1) is 18.0 Å². The highest BCUT2D eigenvalue weighted by molar-refractivity contribution is 7.20. The van der Waals surface area contributed by atoms with Crippen LogP contribution in [-0.4, -0.2) is 39.7 Å². The zero-order valence-corrected chi connectivity index (χ0v) is 21.2. The number of nitrogens with one attached hydrogen (secondary N) is 1. The van der Waals surface area contributed by atoms with Crippen molar-refractivity contribution >= 4 is 27.3 Å². The highest BCUT2D eigenvalue weighted by atomic mass is 32.1. The molecule has 1 saturated heterocycles. The number of nitrogens with zero attached hydrogens (tertiary/aromatic N) is 4. The third-order valence-corrected chi connectivity index (χ3v) is 7.26. The molecule has 1 N–H and O–H groups in total. The molecule has 1 amide bonds. The standard InChI is InChI=1S/C27H31N5O2S/c1-18(2)34-23-10-6-20(7-11-23)16-28-25(33)22-12-14-31(15-13-22)27-30-32-17-24(29-26(32)35-27)21-8-4-19(3)5-9-21/h4-11,17-18,22H,12-16H2,1-3H3,(H,28,33). The van der Waals surface area contributed by atoms with Crippen LogP contribution in [0.4, 0.5) is 5.13 Å². The van der Waals surface area contributed by atoms with E-state index in [1.807, 2.05) is 48.8 Å². The average Bonchev–Trinajstić information content (AvgIpc) is 3.43. The maximum atomic E-state index is 12.7. The Hall–Kier alpha value is -3.39. The van der Waals surface area contributed by atoms with E-state index in [0.717, 1.165) is 58.6 Å². The number of hydrogen-bond donors (Lipinski definition) is 1. The van der Waals surface area contributed by atoms with Gasteiger partial charge < -0.3 is 15.0 Å². The van der Waals surface area contributed by atoms with Crippen molar-refractivity contribution in [1.82, 2.24) is 19.9 Å². The van der Waals surface area contributed by atoms with Crippen LogP contribution in [0.15, 0.2) is 54.7 Å². The van der Waals surface area contributed by atoms with Gasteiger partial charge in [-0.3, -0.25) is 4.79 Å². The molecule has 2 aromatic carbocycles. The lowest BCUT2D eigenvalue weighted by Gasteiger charge is -2.30. The smallest absolute Gasteiger partial charge is 0.223 e. The van der Waals surface area contributed by atoms with Gasteiger partial charge in [0.25, 0.3) is 0 Å². The number of anilines is 1. The lowest BCUT2D eigenvalue weighted by molar-refractivity contribution is -0.125. The Morgan fingerprint density at radius 1 is 1.11 bits per heavy atom. The number of ether oxygens (including phenoxy) is 1. The quantitative estimate of drug-likeness (QED) is 0.392. The van der Waals surface area contributed by atoms with Gasteiger partial charge in [0.2, 0.25) is 16.0 Å². The molecule has 7 nitrogen and oxygen atoms in total. The number of aryl methyl sites for hydroxylation is 1. The minimum atomic E-state index is 0.0342. The van der Waals surface area contributed by atoms with Crippen LogP contribution in [0.2, 0.25) is 0 Å². The number of carbonyl (C=O) groups is 1. The third kappa shape index (κ3) is 5.48. The first-order chi connectivity index (χ1) is 16.9. The highest BCUT2D eigenvalue weighted by Crippen LogP contribution is 2.30. The maximum Gasteiger partial charge on any atom is 0.223 e.